The third kappa shape index (κ3) is 1.22. The third-order valence-corrected chi connectivity index (χ3v) is 2.93. The molecule has 0 aliphatic heterocycles. The molecule has 2 aliphatic carbocycles. The van der Waals surface area contributed by atoms with Crippen molar-refractivity contribution < 1.29 is 4.79 Å². The molecule has 0 radical (unpaired) electrons. The lowest BCUT2D eigenvalue weighted by Crippen LogP contribution is -2.30. The van der Waals surface area contributed by atoms with Gasteiger partial charge in [-0.15, -0.1) is 0 Å². The van der Waals surface area contributed by atoms with Crippen LogP contribution in [0.1, 0.15) is 19.3 Å². The summed E-state index contributed by atoms with van der Waals surface area (Å²) in [6, 6.07) is 0. The van der Waals surface area contributed by atoms with Crippen molar-refractivity contribution in [2.24, 2.45) is 27.8 Å². The number of hydrogen-bond acceptors (Lipinski definition) is 1. The Morgan fingerprint density at radius 3 is 2.69 bits per heavy atom. The van der Waals surface area contributed by atoms with E-state index in [1.807, 2.05) is 6.08 Å². The number of guanidine groups is 1. The first-order chi connectivity index (χ1) is 6.12. The van der Waals surface area contributed by atoms with Crippen molar-refractivity contribution in [2.75, 3.05) is 0 Å². The first kappa shape index (κ1) is 8.29. The molecule has 0 spiro atoms. The van der Waals surface area contributed by atoms with Crippen LogP contribution in [0.4, 0.5) is 0 Å². The maximum absolute atomic E-state index is 11.6. The van der Waals surface area contributed by atoms with Crippen molar-refractivity contribution in [3.63, 3.8) is 0 Å². The summed E-state index contributed by atoms with van der Waals surface area (Å²) in [5, 5.41) is 0. The zero-order valence-electron chi connectivity index (χ0n) is 7.36. The van der Waals surface area contributed by atoms with Crippen molar-refractivity contribution in [1.82, 2.24) is 0 Å². The molecule has 70 valence electrons. The first-order valence-electron chi connectivity index (χ1n) is 4.46. The monoisotopic (exact) mass is 179 g/mol. The molecule has 2 aliphatic rings. The first-order valence-corrected chi connectivity index (χ1v) is 4.46. The summed E-state index contributed by atoms with van der Waals surface area (Å²) in [7, 11) is 0. The average molecular weight is 179 g/mol. The zero-order chi connectivity index (χ0) is 9.47. The summed E-state index contributed by atoms with van der Waals surface area (Å²) in [5.74, 6) is 0.255. The molecule has 1 fully saturated rings. The molecule has 2 bridgehead atoms. The maximum atomic E-state index is 11.6. The minimum absolute atomic E-state index is 0.136. The third-order valence-electron chi connectivity index (χ3n) is 2.93. The highest BCUT2D eigenvalue weighted by Gasteiger charge is 2.46. The normalized spacial score (nSPS) is 34.9. The Labute approximate surface area is 76.7 Å². The van der Waals surface area contributed by atoms with Crippen molar-refractivity contribution in [1.29, 1.82) is 0 Å². The molecule has 1 saturated carbocycles. The molecule has 2 unspecified atom stereocenters. The van der Waals surface area contributed by atoms with Gasteiger partial charge in [-0.05, 0) is 25.2 Å². The van der Waals surface area contributed by atoms with E-state index in [4.69, 9.17) is 11.5 Å². The van der Waals surface area contributed by atoms with Crippen LogP contribution in [0.15, 0.2) is 17.1 Å². The van der Waals surface area contributed by atoms with Crippen molar-refractivity contribution in [3.05, 3.63) is 12.2 Å². The molecule has 4 heteroatoms. The van der Waals surface area contributed by atoms with Gasteiger partial charge in [0.05, 0.1) is 5.41 Å². The van der Waals surface area contributed by atoms with Gasteiger partial charge in [-0.25, -0.2) is 0 Å². The van der Waals surface area contributed by atoms with Crippen molar-refractivity contribution in [2.45, 2.75) is 19.3 Å². The highest BCUT2D eigenvalue weighted by atomic mass is 16.1. The predicted molar refractivity (Wildman–Crippen MR) is 49.7 cm³/mol. The largest absolute Gasteiger partial charge is 0.370 e. The van der Waals surface area contributed by atoms with Gasteiger partial charge in [-0.3, -0.25) is 4.79 Å². The lowest BCUT2D eigenvalue weighted by molar-refractivity contribution is -0.124. The number of allylic oxidation sites excluding steroid dienone is 1. The number of carbonyl (C=O) groups is 1. The number of nitrogens with two attached hydrogens (primary N) is 2. The number of carbonyl (C=O) groups excluding carboxylic acids is 1. The standard InChI is InChI=1S/C9H13N3O/c10-8(11)12-7(13)9-3-1-6(5-9)2-4-9/h1,3,6H,2,4-5H2,(H4,10,11,12,13). The van der Waals surface area contributed by atoms with Crippen LogP contribution >= 0.6 is 0 Å². The van der Waals surface area contributed by atoms with Gasteiger partial charge in [0.2, 0.25) is 0 Å². The zero-order valence-corrected chi connectivity index (χ0v) is 7.36. The summed E-state index contributed by atoms with van der Waals surface area (Å²) in [6.45, 7) is 0. The number of hydrogen-bond donors (Lipinski definition) is 2. The smallest absolute Gasteiger partial charge is 0.258 e. The van der Waals surface area contributed by atoms with Crippen LogP contribution in [0, 0.1) is 11.3 Å². The lowest BCUT2D eigenvalue weighted by atomic mass is 9.87. The topological polar surface area (TPSA) is 81.5 Å². The van der Waals surface area contributed by atoms with Crippen LogP contribution in [0.5, 0.6) is 0 Å². The van der Waals surface area contributed by atoms with E-state index in [-0.39, 0.29) is 17.3 Å². The Morgan fingerprint density at radius 1 is 1.54 bits per heavy atom. The van der Waals surface area contributed by atoms with Crippen molar-refractivity contribution >= 4 is 11.9 Å². The Hall–Kier alpha value is -1.32. The Kier molecular flexibility index (Phi) is 1.65. The molecule has 0 aromatic rings. The van der Waals surface area contributed by atoms with Crippen LogP contribution in [0.25, 0.3) is 0 Å². The fraction of sp³-hybridized carbons (Fsp3) is 0.556. The minimum Gasteiger partial charge on any atom is -0.370 e. The second-order valence-corrected chi connectivity index (χ2v) is 3.86. The molecule has 0 aromatic carbocycles. The second kappa shape index (κ2) is 2.58. The molecule has 4 N–H and O–H groups in total. The second-order valence-electron chi connectivity index (χ2n) is 3.86. The van der Waals surface area contributed by atoms with Crippen LogP contribution in [0.2, 0.25) is 0 Å². The highest BCUT2D eigenvalue weighted by Crippen LogP contribution is 2.49. The summed E-state index contributed by atoms with van der Waals surface area (Å²) in [6.07, 6.45) is 6.94. The number of rotatable bonds is 1. The van der Waals surface area contributed by atoms with E-state index in [0.717, 1.165) is 19.3 Å². The van der Waals surface area contributed by atoms with Crippen LogP contribution in [0.3, 0.4) is 0 Å². The molecule has 2 rings (SSSR count). The van der Waals surface area contributed by atoms with E-state index in [1.54, 1.807) is 0 Å². The summed E-state index contributed by atoms with van der Waals surface area (Å²) < 4.78 is 0. The summed E-state index contributed by atoms with van der Waals surface area (Å²) >= 11 is 0. The highest BCUT2D eigenvalue weighted by molar-refractivity contribution is 5.96. The molecular weight excluding hydrogens is 166 g/mol. The summed E-state index contributed by atoms with van der Waals surface area (Å²) in [4.78, 5) is 15.2. The Balaban J connectivity index is 2.21. The molecule has 13 heavy (non-hydrogen) atoms. The molecule has 0 saturated heterocycles. The molecular formula is C9H13N3O. The molecule has 2 atom stereocenters. The van der Waals surface area contributed by atoms with E-state index >= 15 is 0 Å². The van der Waals surface area contributed by atoms with E-state index < -0.39 is 0 Å². The Bertz CT molecular complexity index is 304. The van der Waals surface area contributed by atoms with Gasteiger partial charge in [-0.2, -0.15) is 4.99 Å². The summed E-state index contributed by atoms with van der Waals surface area (Å²) in [5.41, 5.74) is 9.98. The van der Waals surface area contributed by atoms with Gasteiger partial charge in [0.25, 0.3) is 5.91 Å². The number of amides is 1. The van der Waals surface area contributed by atoms with Gasteiger partial charge in [0.1, 0.15) is 0 Å². The van der Waals surface area contributed by atoms with Gasteiger partial charge in [0, 0.05) is 0 Å². The molecule has 1 amide bonds. The van der Waals surface area contributed by atoms with Gasteiger partial charge in [0.15, 0.2) is 5.96 Å². The van der Waals surface area contributed by atoms with Crippen molar-refractivity contribution in [3.8, 4) is 0 Å². The number of nitrogens with zero attached hydrogens (tertiary/aromatic N) is 1. The van der Waals surface area contributed by atoms with E-state index in [0.29, 0.717) is 5.92 Å². The maximum Gasteiger partial charge on any atom is 0.258 e. The van der Waals surface area contributed by atoms with Gasteiger partial charge in [-0.1, -0.05) is 12.2 Å². The van der Waals surface area contributed by atoms with Gasteiger partial charge >= 0.3 is 0 Å². The fourth-order valence-electron chi connectivity index (χ4n) is 2.24. The van der Waals surface area contributed by atoms with Crippen LogP contribution in [-0.2, 0) is 4.79 Å². The molecule has 0 heterocycles. The molecule has 4 nitrogen and oxygen atoms in total. The van der Waals surface area contributed by atoms with Gasteiger partial charge < -0.3 is 11.5 Å². The van der Waals surface area contributed by atoms with Crippen LogP contribution in [-0.4, -0.2) is 11.9 Å². The molecule has 0 aromatic heterocycles. The van der Waals surface area contributed by atoms with E-state index in [9.17, 15) is 4.79 Å². The number of fused-ring (bicyclic) bond motifs is 2. The average Bonchev–Trinajstić information content (AvgIpc) is 2.62. The van der Waals surface area contributed by atoms with Crippen LogP contribution < -0.4 is 11.5 Å². The van der Waals surface area contributed by atoms with E-state index in [2.05, 4.69) is 11.1 Å². The SMILES string of the molecule is NC(N)=NC(=O)C12C=CC(CC1)C2. The lowest BCUT2D eigenvalue weighted by Gasteiger charge is -2.17. The quantitative estimate of drug-likeness (QED) is 0.341. The minimum atomic E-state index is -0.366. The predicted octanol–water partition coefficient (Wildman–Crippen LogP) is 0.143. The number of aliphatic imine (C=N–C) groups is 1. The Morgan fingerprint density at radius 2 is 2.31 bits per heavy atom. The van der Waals surface area contributed by atoms with E-state index in [1.165, 1.54) is 0 Å². The fourth-order valence-corrected chi connectivity index (χ4v) is 2.24.